The average Bonchev–Trinajstić information content (AvgIpc) is 2.16. The molecule has 0 heterocycles. The summed E-state index contributed by atoms with van der Waals surface area (Å²) in [7, 11) is 0. The van der Waals surface area contributed by atoms with Crippen molar-refractivity contribution in [1.29, 1.82) is 0 Å². The van der Waals surface area contributed by atoms with E-state index in [0.717, 1.165) is 0 Å². The van der Waals surface area contributed by atoms with Crippen LogP contribution in [0.1, 0.15) is 12.8 Å². The molecule has 0 aromatic heterocycles. The summed E-state index contributed by atoms with van der Waals surface area (Å²) in [6.45, 7) is -0.0421. The number of hydrogen-bond acceptors (Lipinski definition) is 1. The first kappa shape index (κ1) is 13.5. The van der Waals surface area contributed by atoms with Gasteiger partial charge >= 0.3 is 6.18 Å². The minimum absolute atomic E-state index is 0.0421. The maximum absolute atomic E-state index is 11.8. The Morgan fingerprint density at radius 1 is 1.19 bits per heavy atom. The molecular formula is C10H9Cl2F3O. The Balaban J connectivity index is 2.40. The third-order valence-electron chi connectivity index (χ3n) is 1.76. The molecule has 0 atom stereocenters. The average molecular weight is 273 g/mol. The molecular weight excluding hydrogens is 264 g/mol. The molecule has 0 spiro atoms. The van der Waals surface area contributed by atoms with E-state index < -0.39 is 12.6 Å². The second-order valence-corrected chi connectivity index (χ2v) is 3.99. The first-order valence-electron chi connectivity index (χ1n) is 4.53. The highest BCUT2D eigenvalue weighted by molar-refractivity contribution is 6.34. The Morgan fingerprint density at radius 2 is 1.88 bits per heavy atom. The number of rotatable bonds is 4. The van der Waals surface area contributed by atoms with Gasteiger partial charge in [0.25, 0.3) is 0 Å². The van der Waals surface area contributed by atoms with Crippen molar-refractivity contribution in [3.63, 3.8) is 0 Å². The van der Waals surface area contributed by atoms with Gasteiger partial charge in [0.1, 0.15) is 5.75 Å². The molecule has 0 N–H and O–H groups in total. The summed E-state index contributed by atoms with van der Waals surface area (Å²) in [5.74, 6) is 0.302. The Labute approximate surface area is 101 Å². The summed E-state index contributed by atoms with van der Waals surface area (Å²) in [5.41, 5.74) is 0. The van der Waals surface area contributed by atoms with Crippen LogP contribution in [0.15, 0.2) is 18.2 Å². The molecule has 0 saturated heterocycles. The molecule has 0 saturated carbocycles. The number of hydrogen-bond donors (Lipinski definition) is 0. The first-order valence-corrected chi connectivity index (χ1v) is 5.29. The van der Waals surface area contributed by atoms with Crippen LogP contribution in [0, 0.1) is 0 Å². The Morgan fingerprint density at radius 3 is 2.50 bits per heavy atom. The minimum atomic E-state index is -4.15. The fourth-order valence-corrected chi connectivity index (χ4v) is 1.38. The highest BCUT2D eigenvalue weighted by atomic mass is 35.5. The number of halogens is 5. The van der Waals surface area contributed by atoms with Crippen molar-refractivity contribution in [1.82, 2.24) is 0 Å². The smallest absolute Gasteiger partial charge is 0.389 e. The minimum Gasteiger partial charge on any atom is -0.492 e. The van der Waals surface area contributed by atoms with E-state index >= 15 is 0 Å². The Hall–Kier alpha value is -0.610. The van der Waals surface area contributed by atoms with E-state index in [2.05, 4.69) is 0 Å². The number of alkyl halides is 3. The van der Waals surface area contributed by atoms with Gasteiger partial charge in [0.2, 0.25) is 0 Å². The molecule has 1 aromatic carbocycles. The predicted octanol–water partition coefficient (Wildman–Crippen LogP) is 4.71. The van der Waals surface area contributed by atoms with Gasteiger partial charge in [-0.3, -0.25) is 0 Å². The summed E-state index contributed by atoms with van der Waals surface area (Å²) in [4.78, 5) is 0. The molecule has 0 fully saturated rings. The van der Waals surface area contributed by atoms with Gasteiger partial charge in [-0.2, -0.15) is 13.2 Å². The van der Waals surface area contributed by atoms with Crippen molar-refractivity contribution in [2.45, 2.75) is 19.0 Å². The second-order valence-electron chi connectivity index (χ2n) is 3.14. The van der Waals surface area contributed by atoms with Crippen LogP contribution < -0.4 is 4.74 Å². The summed E-state index contributed by atoms with van der Waals surface area (Å²) < 4.78 is 40.6. The molecule has 1 rings (SSSR count). The van der Waals surface area contributed by atoms with Gasteiger partial charge in [0, 0.05) is 17.5 Å². The highest BCUT2D eigenvalue weighted by Crippen LogP contribution is 2.28. The third kappa shape index (κ3) is 4.94. The number of ether oxygens (including phenoxy) is 1. The molecule has 0 unspecified atom stereocenters. The standard InChI is InChI=1S/C10H9Cl2F3O/c11-7-2-3-8(12)9(6-7)16-5-1-4-10(13,14)15/h2-3,6H,1,4-5H2. The molecule has 1 aromatic rings. The molecule has 90 valence electrons. The van der Waals surface area contributed by atoms with Crippen molar-refractivity contribution < 1.29 is 17.9 Å². The lowest BCUT2D eigenvalue weighted by atomic mass is 10.3. The maximum Gasteiger partial charge on any atom is 0.389 e. The zero-order valence-electron chi connectivity index (χ0n) is 8.15. The largest absolute Gasteiger partial charge is 0.492 e. The van der Waals surface area contributed by atoms with E-state index in [0.29, 0.717) is 15.8 Å². The zero-order valence-corrected chi connectivity index (χ0v) is 9.66. The Kier molecular flexibility index (Phi) is 4.74. The summed E-state index contributed by atoms with van der Waals surface area (Å²) in [6, 6.07) is 4.58. The molecule has 6 heteroatoms. The van der Waals surface area contributed by atoms with Gasteiger partial charge < -0.3 is 4.74 Å². The van der Waals surface area contributed by atoms with E-state index in [4.69, 9.17) is 27.9 Å². The Bertz CT molecular complexity index is 352. The van der Waals surface area contributed by atoms with E-state index in [9.17, 15) is 13.2 Å². The van der Waals surface area contributed by atoms with Crippen LogP contribution >= 0.6 is 23.2 Å². The summed E-state index contributed by atoms with van der Waals surface area (Å²) in [5, 5.41) is 0.756. The van der Waals surface area contributed by atoms with E-state index in [1.54, 1.807) is 6.07 Å². The predicted molar refractivity (Wildman–Crippen MR) is 57.2 cm³/mol. The normalized spacial score (nSPS) is 11.6. The zero-order chi connectivity index (χ0) is 12.2. The molecule has 0 amide bonds. The topological polar surface area (TPSA) is 9.23 Å². The lowest BCUT2D eigenvalue weighted by Gasteiger charge is -2.09. The van der Waals surface area contributed by atoms with Gasteiger partial charge in [-0.15, -0.1) is 0 Å². The van der Waals surface area contributed by atoms with E-state index in [1.807, 2.05) is 0 Å². The van der Waals surface area contributed by atoms with Crippen molar-refractivity contribution in [3.05, 3.63) is 28.2 Å². The summed E-state index contributed by atoms with van der Waals surface area (Å²) >= 11 is 11.4. The molecule has 0 aliphatic carbocycles. The fraction of sp³-hybridized carbons (Fsp3) is 0.400. The van der Waals surface area contributed by atoms with Crippen molar-refractivity contribution in [3.8, 4) is 5.75 Å². The van der Waals surface area contributed by atoms with Crippen molar-refractivity contribution >= 4 is 23.2 Å². The van der Waals surface area contributed by atoms with Crippen LogP contribution in [0.2, 0.25) is 10.0 Å². The second kappa shape index (κ2) is 5.64. The molecule has 0 aliphatic rings. The van der Waals surface area contributed by atoms with Gasteiger partial charge in [-0.1, -0.05) is 23.2 Å². The van der Waals surface area contributed by atoms with E-state index in [1.165, 1.54) is 12.1 Å². The van der Waals surface area contributed by atoms with Crippen molar-refractivity contribution in [2.24, 2.45) is 0 Å². The van der Waals surface area contributed by atoms with Gasteiger partial charge in [-0.25, -0.2) is 0 Å². The molecule has 0 bridgehead atoms. The number of benzene rings is 1. The van der Waals surface area contributed by atoms with Crippen LogP contribution in [0.4, 0.5) is 13.2 Å². The lowest BCUT2D eigenvalue weighted by Crippen LogP contribution is -2.09. The monoisotopic (exact) mass is 272 g/mol. The SMILES string of the molecule is FC(F)(F)CCCOc1cc(Cl)ccc1Cl. The quantitative estimate of drug-likeness (QED) is 0.721. The van der Waals surface area contributed by atoms with Crippen molar-refractivity contribution in [2.75, 3.05) is 6.61 Å². The molecule has 1 nitrogen and oxygen atoms in total. The molecule has 0 aliphatic heterocycles. The lowest BCUT2D eigenvalue weighted by molar-refractivity contribution is -0.136. The maximum atomic E-state index is 11.8. The first-order chi connectivity index (χ1) is 7.38. The van der Waals surface area contributed by atoms with Gasteiger partial charge in [-0.05, 0) is 18.6 Å². The van der Waals surface area contributed by atoms with Crippen LogP contribution in [0.3, 0.4) is 0 Å². The van der Waals surface area contributed by atoms with Crippen LogP contribution in [0.5, 0.6) is 5.75 Å². The highest BCUT2D eigenvalue weighted by Gasteiger charge is 2.26. The van der Waals surface area contributed by atoms with Crippen LogP contribution in [-0.2, 0) is 0 Å². The van der Waals surface area contributed by atoms with E-state index in [-0.39, 0.29) is 13.0 Å². The third-order valence-corrected chi connectivity index (χ3v) is 2.30. The summed E-state index contributed by atoms with van der Waals surface area (Å²) in [6.07, 6.45) is -5.13. The van der Waals surface area contributed by atoms with Gasteiger partial charge in [0.15, 0.2) is 0 Å². The molecule has 0 radical (unpaired) electrons. The molecule has 16 heavy (non-hydrogen) atoms. The van der Waals surface area contributed by atoms with Gasteiger partial charge in [0.05, 0.1) is 11.6 Å². The fourth-order valence-electron chi connectivity index (χ4n) is 1.04. The van der Waals surface area contributed by atoms with Crippen LogP contribution in [0.25, 0.3) is 0 Å². The van der Waals surface area contributed by atoms with Crippen LogP contribution in [-0.4, -0.2) is 12.8 Å².